The van der Waals surface area contributed by atoms with E-state index in [0.717, 1.165) is 22.1 Å². The number of nitrogen functional groups attached to an aromatic ring is 1. The highest BCUT2D eigenvalue weighted by Crippen LogP contribution is 2.40. The number of carbonyl (C=O) groups excluding carboxylic acids is 3. The van der Waals surface area contributed by atoms with Crippen LogP contribution in [0.15, 0.2) is 47.1 Å². The zero-order valence-corrected chi connectivity index (χ0v) is 20.4. The number of hydrogen-bond acceptors (Lipinski definition) is 12. The third-order valence-electron chi connectivity index (χ3n) is 5.48. The van der Waals surface area contributed by atoms with Crippen molar-refractivity contribution < 1.29 is 28.8 Å². The average Bonchev–Trinajstić information content (AvgIpc) is 3.48. The molecule has 5 rings (SSSR count). The van der Waals surface area contributed by atoms with Gasteiger partial charge in [0.15, 0.2) is 11.3 Å². The van der Waals surface area contributed by atoms with Crippen molar-refractivity contribution in [3.05, 3.63) is 47.8 Å². The first kappa shape index (κ1) is 23.7. The number of fused-ring (bicyclic) bond motifs is 2. The van der Waals surface area contributed by atoms with Crippen LogP contribution in [0.4, 0.5) is 5.13 Å². The molecule has 0 radical (unpaired) electrons. The summed E-state index contributed by atoms with van der Waals surface area (Å²) in [6.07, 6.45) is 5.17. The lowest BCUT2D eigenvalue weighted by Crippen LogP contribution is -2.71. The summed E-state index contributed by atoms with van der Waals surface area (Å²) in [7, 11) is 0. The number of carboxylic acids is 1. The summed E-state index contributed by atoms with van der Waals surface area (Å²) < 4.78 is 7.46. The predicted molar refractivity (Wildman–Crippen MR) is 125 cm³/mol. The molecule has 16 heteroatoms. The number of carbonyl (C=O) groups is 3. The lowest BCUT2D eigenvalue weighted by molar-refractivity contribution is -0.579. The largest absolute Gasteiger partial charge is 0.543 e. The van der Waals surface area contributed by atoms with Crippen molar-refractivity contribution in [2.45, 2.75) is 24.9 Å². The van der Waals surface area contributed by atoms with Crippen LogP contribution in [-0.2, 0) is 25.8 Å². The molecule has 2 atom stereocenters. The van der Waals surface area contributed by atoms with Crippen LogP contribution in [0.1, 0.15) is 12.7 Å². The first-order chi connectivity index (χ1) is 17.4. The Morgan fingerprint density at radius 1 is 1.44 bits per heavy atom. The summed E-state index contributed by atoms with van der Waals surface area (Å²) in [6, 6.07) is 2.64. The topological polar surface area (TPSA) is 185 Å². The van der Waals surface area contributed by atoms with Gasteiger partial charge in [-0.1, -0.05) is 10.3 Å². The Morgan fingerprint density at radius 2 is 2.28 bits per heavy atom. The van der Waals surface area contributed by atoms with Gasteiger partial charge in [-0.25, -0.2) is 4.57 Å². The van der Waals surface area contributed by atoms with Crippen LogP contribution in [0.2, 0.25) is 0 Å². The van der Waals surface area contributed by atoms with E-state index in [1.165, 1.54) is 11.8 Å². The molecule has 0 bridgehead atoms. The third-order valence-corrected chi connectivity index (χ3v) is 7.36. The molecule has 0 aliphatic carbocycles. The zero-order chi connectivity index (χ0) is 25.4. The van der Waals surface area contributed by atoms with Gasteiger partial charge in [0.2, 0.25) is 11.5 Å². The number of amides is 2. The molecule has 3 aromatic heterocycles. The van der Waals surface area contributed by atoms with E-state index in [4.69, 9.17) is 10.6 Å². The molecule has 0 spiro atoms. The highest BCUT2D eigenvalue weighted by Gasteiger charge is 2.53. The van der Waals surface area contributed by atoms with E-state index in [2.05, 4.69) is 24.9 Å². The molecule has 3 aromatic rings. The second-order valence-electron chi connectivity index (χ2n) is 7.67. The lowest BCUT2D eigenvalue weighted by Gasteiger charge is -2.50. The van der Waals surface area contributed by atoms with Crippen LogP contribution in [0.3, 0.4) is 0 Å². The quantitative estimate of drug-likeness (QED) is 0.142. The maximum atomic E-state index is 13.0. The molecule has 2 aliphatic rings. The highest BCUT2D eigenvalue weighted by molar-refractivity contribution is 8.00. The number of nitrogens with zero attached hydrogens (tertiary/aromatic N) is 7. The van der Waals surface area contributed by atoms with E-state index in [0.29, 0.717) is 11.3 Å². The lowest BCUT2D eigenvalue weighted by atomic mass is 10.0. The first-order valence-electron chi connectivity index (χ1n) is 10.7. The minimum atomic E-state index is -1.46. The number of thioether (sulfide) groups is 1. The van der Waals surface area contributed by atoms with Gasteiger partial charge in [-0.3, -0.25) is 14.5 Å². The Hall–Kier alpha value is -4.05. The fourth-order valence-corrected chi connectivity index (χ4v) is 5.69. The molecule has 1 fully saturated rings. The normalized spacial score (nSPS) is 19.8. The number of imidazole rings is 1. The number of aromatic nitrogens is 5. The van der Waals surface area contributed by atoms with Crippen molar-refractivity contribution in [3.8, 4) is 0 Å². The van der Waals surface area contributed by atoms with Crippen molar-refractivity contribution in [2.24, 2.45) is 5.16 Å². The highest BCUT2D eigenvalue weighted by atomic mass is 32.2. The number of carboxylic acid groups (broad SMARTS) is 1. The summed E-state index contributed by atoms with van der Waals surface area (Å²) in [5, 5.41) is 22.2. The molecule has 186 valence electrons. The number of aliphatic carboxylic acids is 1. The first-order valence-corrected chi connectivity index (χ1v) is 12.5. The summed E-state index contributed by atoms with van der Waals surface area (Å²) in [6.45, 7) is 2.11. The van der Waals surface area contributed by atoms with Crippen molar-refractivity contribution >= 4 is 57.6 Å². The van der Waals surface area contributed by atoms with Crippen LogP contribution < -0.4 is 20.7 Å². The summed E-state index contributed by atoms with van der Waals surface area (Å²) >= 11 is 2.22. The smallest absolute Gasteiger partial charge is 0.307 e. The molecule has 14 nitrogen and oxygen atoms in total. The number of oxime groups is 1. The van der Waals surface area contributed by atoms with Crippen molar-refractivity contribution in [1.82, 2.24) is 29.2 Å². The molecule has 0 saturated carbocycles. The maximum absolute atomic E-state index is 13.0. The van der Waals surface area contributed by atoms with Gasteiger partial charge in [-0.15, -0.1) is 16.3 Å². The summed E-state index contributed by atoms with van der Waals surface area (Å²) in [5.41, 5.74) is 6.45. The summed E-state index contributed by atoms with van der Waals surface area (Å²) in [5.74, 6) is -2.50. The van der Waals surface area contributed by atoms with Gasteiger partial charge in [-0.2, -0.15) is 9.36 Å². The van der Waals surface area contributed by atoms with E-state index in [9.17, 15) is 19.5 Å². The molecule has 3 N–H and O–H groups in total. The van der Waals surface area contributed by atoms with Gasteiger partial charge in [-0.05, 0) is 13.0 Å². The Kier molecular flexibility index (Phi) is 6.27. The minimum Gasteiger partial charge on any atom is -0.543 e. The molecule has 36 heavy (non-hydrogen) atoms. The van der Waals surface area contributed by atoms with Crippen molar-refractivity contribution in [2.75, 3.05) is 18.1 Å². The molecule has 1 saturated heterocycles. The Bertz CT molecular complexity index is 1430. The molecular weight excluding hydrogens is 510 g/mol. The number of nitrogens with one attached hydrogen (secondary N) is 1. The SMILES string of the molecule is CCO/N=C(/C(=O)N[C@@H]1C(=O)N2C(C(=O)[O-])=C(Cn3cc[n+]4ncccc34)CS[C@H]12)c1nsc(N)n1. The molecular formula is C20H19N9O5S2. The van der Waals surface area contributed by atoms with E-state index in [1.54, 1.807) is 36.1 Å². The van der Waals surface area contributed by atoms with E-state index in [1.807, 2.05) is 10.6 Å². The fourth-order valence-electron chi connectivity index (χ4n) is 3.92. The number of β-lactam (4-membered cyclic amide) rings is 1. The van der Waals surface area contributed by atoms with E-state index >= 15 is 0 Å². The van der Waals surface area contributed by atoms with Gasteiger partial charge < -0.3 is 25.8 Å². The van der Waals surface area contributed by atoms with Crippen molar-refractivity contribution in [1.29, 1.82) is 0 Å². The average molecular weight is 530 g/mol. The van der Waals surface area contributed by atoms with Gasteiger partial charge >= 0.3 is 5.65 Å². The molecule has 0 aromatic carbocycles. The standard InChI is InChI=1S/C20H19N9O5S2/c1-2-34-25-12(15-24-20(21)36-26-15)16(30)23-13-17(31)29-14(19(32)33)10(9-35-18(13)29)8-27-6-7-28-11(27)4-3-5-22-28/h3-7,13,18H,2,8-9H2,1H3,(H3-,21,23,24,26,30,32,33)/b25-12+/t13-,18-/m1/s1. The third kappa shape index (κ3) is 4.13. The van der Waals surface area contributed by atoms with E-state index in [-0.39, 0.29) is 35.5 Å². The second kappa shape index (κ2) is 9.54. The minimum absolute atomic E-state index is 0.0349. The zero-order valence-electron chi connectivity index (χ0n) is 18.7. The van der Waals surface area contributed by atoms with Gasteiger partial charge in [0.05, 0.1) is 17.9 Å². The van der Waals surface area contributed by atoms with Crippen LogP contribution in [-0.4, -0.2) is 71.2 Å². The fraction of sp³-hybridized carbons (Fsp3) is 0.300. The Labute approximate surface area is 211 Å². The van der Waals surface area contributed by atoms with Crippen LogP contribution >= 0.6 is 23.3 Å². The number of rotatable bonds is 8. The predicted octanol–water partition coefficient (Wildman–Crippen LogP) is -2.10. The van der Waals surface area contributed by atoms with Crippen LogP contribution in [0.5, 0.6) is 0 Å². The van der Waals surface area contributed by atoms with Crippen molar-refractivity contribution in [3.63, 3.8) is 0 Å². The van der Waals surface area contributed by atoms with Gasteiger partial charge in [0.25, 0.3) is 11.8 Å². The monoisotopic (exact) mass is 529 g/mol. The Balaban J connectivity index is 1.37. The Morgan fingerprint density at radius 3 is 3.00 bits per heavy atom. The molecule has 0 unspecified atom stereocenters. The van der Waals surface area contributed by atoms with Crippen LogP contribution in [0.25, 0.3) is 5.65 Å². The van der Waals surface area contributed by atoms with Gasteiger partial charge in [0, 0.05) is 28.9 Å². The number of hydrogen-bond donors (Lipinski definition) is 2. The maximum Gasteiger partial charge on any atom is 0.307 e. The molecule has 2 amide bonds. The second-order valence-corrected chi connectivity index (χ2v) is 9.56. The number of anilines is 1. The molecule has 2 aliphatic heterocycles. The summed E-state index contributed by atoms with van der Waals surface area (Å²) in [4.78, 5) is 48.1. The van der Waals surface area contributed by atoms with E-state index < -0.39 is 29.2 Å². The molecule has 5 heterocycles. The number of nitrogens with two attached hydrogens (primary N) is 1. The van der Waals surface area contributed by atoms with Gasteiger partial charge in [0.1, 0.15) is 30.8 Å². The van der Waals surface area contributed by atoms with Crippen LogP contribution in [0, 0.1) is 0 Å².